The molecule has 0 aromatic rings. The molecule has 0 radical (unpaired) electrons. The molecular weight excluding hydrogens is 356 g/mol. The Kier molecular flexibility index (Phi) is 6.02. The van der Waals surface area contributed by atoms with Crippen molar-refractivity contribution in [1.82, 2.24) is 9.80 Å². The number of rotatable bonds is 2. The molecule has 0 amide bonds. The largest absolute Gasteiger partial charge is 0.454 e. The van der Waals surface area contributed by atoms with Crippen LogP contribution < -0.4 is 0 Å². The van der Waals surface area contributed by atoms with Crippen LogP contribution in [-0.4, -0.2) is 70.2 Å². The molecule has 0 atom stereocenters. The van der Waals surface area contributed by atoms with Gasteiger partial charge in [0.1, 0.15) is 12.2 Å². The molecule has 6 heteroatoms. The third-order valence-corrected chi connectivity index (χ3v) is 7.25. The standard InChI is InChI=1S/C22H40N2O4/c1-19(2)11-15(12-20(3,4)23(19)9)27-17(25)18(26)28-16-13-21(5,6)24(10)22(7,8)14-16/h15-16H,11-14H2,1-10H3. The molecule has 28 heavy (non-hydrogen) atoms. The highest BCUT2D eigenvalue weighted by Gasteiger charge is 2.47. The molecule has 0 aromatic carbocycles. The summed E-state index contributed by atoms with van der Waals surface area (Å²) in [7, 11) is 4.19. The van der Waals surface area contributed by atoms with Crippen LogP contribution in [0.5, 0.6) is 0 Å². The fourth-order valence-electron chi connectivity index (χ4n) is 5.13. The van der Waals surface area contributed by atoms with Crippen LogP contribution in [0.2, 0.25) is 0 Å². The summed E-state index contributed by atoms with van der Waals surface area (Å²) in [6.07, 6.45) is 2.21. The molecular formula is C22H40N2O4. The summed E-state index contributed by atoms with van der Waals surface area (Å²) in [5.41, 5.74) is -0.450. The quantitative estimate of drug-likeness (QED) is 0.527. The van der Waals surface area contributed by atoms with Gasteiger partial charge in [0.25, 0.3) is 0 Å². The van der Waals surface area contributed by atoms with Crippen molar-refractivity contribution in [3.8, 4) is 0 Å². The van der Waals surface area contributed by atoms with Crippen molar-refractivity contribution in [1.29, 1.82) is 0 Å². The van der Waals surface area contributed by atoms with Gasteiger partial charge in [0, 0.05) is 47.8 Å². The number of nitrogens with zero attached hydrogens (tertiary/aromatic N) is 2. The molecule has 2 aliphatic rings. The summed E-state index contributed by atoms with van der Waals surface area (Å²) in [5.74, 6) is -1.73. The van der Waals surface area contributed by atoms with Gasteiger partial charge in [-0.2, -0.15) is 0 Å². The van der Waals surface area contributed by atoms with Crippen LogP contribution in [0.3, 0.4) is 0 Å². The average Bonchev–Trinajstić information content (AvgIpc) is 2.49. The Morgan fingerprint density at radius 1 is 0.607 bits per heavy atom. The molecule has 0 aliphatic carbocycles. The second-order valence-electron chi connectivity index (χ2n) is 11.2. The third kappa shape index (κ3) is 4.70. The molecule has 0 saturated carbocycles. The van der Waals surface area contributed by atoms with Crippen LogP contribution >= 0.6 is 0 Å². The highest BCUT2D eigenvalue weighted by molar-refractivity contribution is 6.29. The van der Waals surface area contributed by atoms with E-state index in [2.05, 4.69) is 79.3 Å². The maximum absolute atomic E-state index is 12.5. The van der Waals surface area contributed by atoms with Gasteiger partial charge >= 0.3 is 11.9 Å². The monoisotopic (exact) mass is 396 g/mol. The Morgan fingerprint density at radius 3 is 1.04 bits per heavy atom. The van der Waals surface area contributed by atoms with E-state index in [4.69, 9.17) is 9.47 Å². The number of esters is 2. The van der Waals surface area contributed by atoms with Gasteiger partial charge in [0.2, 0.25) is 0 Å². The van der Waals surface area contributed by atoms with Crippen molar-refractivity contribution >= 4 is 11.9 Å². The average molecular weight is 397 g/mol. The molecule has 2 heterocycles. The first-order valence-corrected chi connectivity index (χ1v) is 10.4. The van der Waals surface area contributed by atoms with Gasteiger partial charge in [-0.25, -0.2) is 9.59 Å². The van der Waals surface area contributed by atoms with Gasteiger partial charge < -0.3 is 9.47 Å². The number of hydrogen-bond donors (Lipinski definition) is 0. The molecule has 0 N–H and O–H groups in total. The number of carbonyl (C=O) groups excluding carboxylic acids is 2. The van der Waals surface area contributed by atoms with E-state index in [9.17, 15) is 9.59 Å². The second-order valence-corrected chi connectivity index (χ2v) is 11.2. The Labute approximate surface area is 170 Å². The molecule has 2 rings (SSSR count). The van der Waals surface area contributed by atoms with E-state index in [0.29, 0.717) is 25.7 Å². The van der Waals surface area contributed by atoms with E-state index in [1.54, 1.807) is 0 Å². The molecule has 6 nitrogen and oxygen atoms in total. The van der Waals surface area contributed by atoms with Crippen molar-refractivity contribution in [3.05, 3.63) is 0 Å². The van der Waals surface area contributed by atoms with Crippen molar-refractivity contribution in [3.63, 3.8) is 0 Å². The molecule has 0 unspecified atom stereocenters. The second kappa shape index (κ2) is 7.28. The van der Waals surface area contributed by atoms with E-state index in [-0.39, 0.29) is 34.4 Å². The lowest BCUT2D eigenvalue weighted by Gasteiger charge is -2.53. The topological polar surface area (TPSA) is 59.1 Å². The first-order chi connectivity index (χ1) is 12.5. The number of carbonyl (C=O) groups is 2. The minimum atomic E-state index is -0.865. The fraction of sp³-hybridized carbons (Fsp3) is 0.909. The molecule has 2 fully saturated rings. The van der Waals surface area contributed by atoms with Crippen LogP contribution in [0.4, 0.5) is 0 Å². The molecule has 2 saturated heterocycles. The van der Waals surface area contributed by atoms with E-state index in [1.807, 2.05) is 0 Å². The SMILES string of the molecule is CN1C(C)(C)CC(OC(=O)C(=O)OC2CC(C)(C)N(C)C(C)(C)C2)CC1(C)C. The first kappa shape index (κ1) is 23.1. The van der Waals surface area contributed by atoms with E-state index >= 15 is 0 Å². The van der Waals surface area contributed by atoms with Gasteiger partial charge in [-0.05, 0) is 69.5 Å². The minimum Gasteiger partial charge on any atom is -0.454 e. The smallest absolute Gasteiger partial charge is 0.417 e. The predicted molar refractivity (Wildman–Crippen MR) is 110 cm³/mol. The van der Waals surface area contributed by atoms with Crippen LogP contribution in [0.1, 0.15) is 81.1 Å². The van der Waals surface area contributed by atoms with Crippen molar-refractivity contribution in [2.45, 2.75) is 115 Å². The van der Waals surface area contributed by atoms with Crippen molar-refractivity contribution < 1.29 is 19.1 Å². The van der Waals surface area contributed by atoms with Gasteiger partial charge in [-0.3, -0.25) is 9.80 Å². The van der Waals surface area contributed by atoms with Crippen LogP contribution in [0, 0.1) is 0 Å². The van der Waals surface area contributed by atoms with E-state index < -0.39 is 11.9 Å². The molecule has 2 aliphatic heterocycles. The van der Waals surface area contributed by atoms with Gasteiger partial charge in [0.15, 0.2) is 0 Å². The lowest BCUT2D eigenvalue weighted by atomic mass is 9.78. The zero-order valence-corrected chi connectivity index (χ0v) is 19.5. The summed E-state index contributed by atoms with van der Waals surface area (Å²) in [4.78, 5) is 29.5. The van der Waals surface area contributed by atoms with Gasteiger partial charge in [-0.15, -0.1) is 0 Å². The lowest BCUT2D eigenvalue weighted by molar-refractivity contribution is -0.183. The Morgan fingerprint density at radius 2 is 0.821 bits per heavy atom. The highest BCUT2D eigenvalue weighted by atomic mass is 16.6. The number of piperidine rings is 2. The fourth-order valence-corrected chi connectivity index (χ4v) is 5.13. The Balaban J connectivity index is 1.99. The first-order valence-electron chi connectivity index (χ1n) is 10.4. The van der Waals surface area contributed by atoms with Gasteiger partial charge in [0.05, 0.1) is 0 Å². The summed E-state index contributed by atoms with van der Waals surface area (Å²) in [6, 6.07) is 0. The maximum atomic E-state index is 12.5. The summed E-state index contributed by atoms with van der Waals surface area (Å²) in [5, 5.41) is 0. The number of ether oxygens (including phenoxy) is 2. The minimum absolute atomic E-state index is 0.112. The summed E-state index contributed by atoms with van der Waals surface area (Å²) >= 11 is 0. The normalized spacial score (nSPS) is 27.9. The van der Waals surface area contributed by atoms with Crippen LogP contribution in [0.15, 0.2) is 0 Å². The van der Waals surface area contributed by atoms with Crippen LogP contribution in [-0.2, 0) is 19.1 Å². The predicted octanol–water partition coefficient (Wildman–Crippen LogP) is 3.38. The maximum Gasteiger partial charge on any atom is 0.417 e. The van der Waals surface area contributed by atoms with E-state index in [0.717, 1.165) is 0 Å². The lowest BCUT2D eigenvalue weighted by Crippen LogP contribution is -2.61. The summed E-state index contributed by atoms with van der Waals surface area (Å²) < 4.78 is 11.2. The van der Waals surface area contributed by atoms with E-state index in [1.165, 1.54) is 0 Å². The Bertz CT molecular complexity index is 534. The molecule has 162 valence electrons. The van der Waals surface area contributed by atoms with Gasteiger partial charge in [-0.1, -0.05) is 0 Å². The van der Waals surface area contributed by atoms with Crippen molar-refractivity contribution in [2.24, 2.45) is 0 Å². The number of hydrogen-bond acceptors (Lipinski definition) is 6. The highest BCUT2D eigenvalue weighted by Crippen LogP contribution is 2.39. The van der Waals surface area contributed by atoms with Crippen molar-refractivity contribution in [2.75, 3.05) is 14.1 Å². The zero-order valence-electron chi connectivity index (χ0n) is 19.5. The van der Waals surface area contributed by atoms with Crippen LogP contribution in [0.25, 0.3) is 0 Å². The molecule has 0 aromatic heterocycles. The summed E-state index contributed by atoms with van der Waals surface area (Å²) in [6.45, 7) is 17.1. The third-order valence-electron chi connectivity index (χ3n) is 7.25. The molecule has 0 spiro atoms. The zero-order chi connectivity index (χ0) is 21.7. The molecule has 0 bridgehead atoms. The number of likely N-dealkylation sites (tertiary alicyclic amines) is 2. The Hall–Kier alpha value is -1.14.